The third-order valence-corrected chi connectivity index (χ3v) is 5.08. The first-order chi connectivity index (χ1) is 10.2. The highest BCUT2D eigenvalue weighted by atomic mass is 16.6. The Balaban J connectivity index is 1.80. The number of rotatable bonds is 4. The first kappa shape index (κ1) is 14.5. The Kier molecular flexibility index (Phi) is 4.22. The lowest BCUT2D eigenvalue weighted by atomic mass is 9.81. The zero-order chi connectivity index (χ0) is 14.8. The predicted octanol–water partition coefficient (Wildman–Crippen LogP) is 2.70. The smallest absolute Gasteiger partial charge is 0.273 e. The summed E-state index contributed by atoms with van der Waals surface area (Å²) in [6, 6.07) is 8.89. The molecule has 0 spiro atoms. The molecule has 2 aliphatic heterocycles. The fraction of sp³-hybridized carbons (Fsp3) is 0.625. The molecule has 114 valence electrons. The van der Waals surface area contributed by atoms with Gasteiger partial charge < -0.3 is 5.32 Å². The van der Waals surface area contributed by atoms with Crippen LogP contribution in [0.5, 0.6) is 0 Å². The molecule has 21 heavy (non-hydrogen) atoms. The lowest BCUT2D eigenvalue weighted by Crippen LogP contribution is -2.55. The average Bonchev–Trinajstić information content (AvgIpc) is 2.47. The fourth-order valence-electron chi connectivity index (χ4n) is 3.99. The molecule has 3 rings (SSSR count). The van der Waals surface area contributed by atoms with E-state index in [1.807, 2.05) is 19.2 Å². The summed E-state index contributed by atoms with van der Waals surface area (Å²) in [6.45, 7) is 0.711. The van der Waals surface area contributed by atoms with E-state index in [-0.39, 0.29) is 10.6 Å². The molecule has 1 aromatic carbocycles. The van der Waals surface area contributed by atoms with Crippen LogP contribution in [0.4, 0.5) is 5.69 Å². The van der Waals surface area contributed by atoms with Gasteiger partial charge in [0, 0.05) is 36.3 Å². The van der Waals surface area contributed by atoms with Crippen LogP contribution in [0.1, 0.15) is 37.7 Å². The molecule has 0 saturated carbocycles. The van der Waals surface area contributed by atoms with E-state index in [2.05, 4.69) is 10.2 Å². The van der Waals surface area contributed by atoms with Crippen LogP contribution in [0.15, 0.2) is 24.3 Å². The van der Waals surface area contributed by atoms with Gasteiger partial charge in [-0.05, 0) is 32.7 Å². The SMILES string of the molecule is CNC1CC2CCCC(C1)N2Cc1ccccc1[N+](=O)[O-]. The first-order valence-corrected chi connectivity index (χ1v) is 7.84. The van der Waals surface area contributed by atoms with Gasteiger partial charge in [-0.3, -0.25) is 15.0 Å². The minimum atomic E-state index is -0.258. The summed E-state index contributed by atoms with van der Waals surface area (Å²) in [6.07, 6.45) is 6.05. The molecule has 2 fully saturated rings. The molecule has 2 atom stereocenters. The number of piperidine rings is 2. The Bertz CT molecular complexity index is 506. The van der Waals surface area contributed by atoms with Crippen LogP contribution in [-0.2, 0) is 6.54 Å². The van der Waals surface area contributed by atoms with Gasteiger partial charge in [0.15, 0.2) is 0 Å². The van der Waals surface area contributed by atoms with Crippen molar-refractivity contribution in [1.29, 1.82) is 0 Å². The number of nitro benzene ring substituents is 1. The highest BCUT2D eigenvalue weighted by molar-refractivity contribution is 5.39. The molecule has 0 aliphatic carbocycles. The maximum absolute atomic E-state index is 11.2. The van der Waals surface area contributed by atoms with Gasteiger partial charge in [-0.1, -0.05) is 24.6 Å². The number of nitro groups is 1. The number of fused-ring (bicyclic) bond motifs is 2. The molecule has 5 nitrogen and oxygen atoms in total. The molecule has 0 radical (unpaired) electrons. The third kappa shape index (κ3) is 2.94. The summed E-state index contributed by atoms with van der Waals surface area (Å²) in [7, 11) is 2.04. The maximum Gasteiger partial charge on any atom is 0.273 e. The fourth-order valence-corrected chi connectivity index (χ4v) is 3.99. The molecular formula is C16H23N3O2. The van der Waals surface area contributed by atoms with Gasteiger partial charge >= 0.3 is 0 Å². The Hall–Kier alpha value is -1.46. The Labute approximate surface area is 125 Å². The van der Waals surface area contributed by atoms with Crippen molar-refractivity contribution >= 4 is 5.69 Å². The van der Waals surface area contributed by atoms with Crippen LogP contribution in [0.3, 0.4) is 0 Å². The van der Waals surface area contributed by atoms with Crippen LogP contribution in [0.25, 0.3) is 0 Å². The van der Waals surface area contributed by atoms with Gasteiger partial charge in [-0.2, -0.15) is 0 Å². The van der Waals surface area contributed by atoms with Crippen LogP contribution in [0.2, 0.25) is 0 Å². The van der Waals surface area contributed by atoms with Gasteiger partial charge in [0.05, 0.1) is 4.92 Å². The molecule has 2 bridgehead atoms. The largest absolute Gasteiger partial charge is 0.317 e. The normalized spacial score (nSPS) is 29.3. The van der Waals surface area contributed by atoms with Gasteiger partial charge in [0.25, 0.3) is 5.69 Å². The van der Waals surface area contributed by atoms with Gasteiger partial charge in [0.1, 0.15) is 0 Å². The van der Waals surface area contributed by atoms with Gasteiger partial charge in [-0.25, -0.2) is 0 Å². The Morgan fingerprint density at radius 2 is 1.95 bits per heavy atom. The predicted molar refractivity (Wildman–Crippen MR) is 82.1 cm³/mol. The lowest BCUT2D eigenvalue weighted by Gasteiger charge is -2.49. The molecule has 5 heteroatoms. The maximum atomic E-state index is 11.2. The van der Waals surface area contributed by atoms with Gasteiger partial charge in [-0.15, -0.1) is 0 Å². The van der Waals surface area contributed by atoms with Crippen molar-refractivity contribution in [2.75, 3.05) is 7.05 Å². The second kappa shape index (κ2) is 6.12. The molecule has 1 aromatic rings. The number of hydrogen-bond donors (Lipinski definition) is 1. The topological polar surface area (TPSA) is 58.4 Å². The van der Waals surface area contributed by atoms with E-state index < -0.39 is 0 Å². The molecule has 1 N–H and O–H groups in total. The monoisotopic (exact) mass is 289 g/mol. The van der Waals surface area contributed by atoms with E-state index in [1.165, 1.54) is 19.3 Å². The number of hydrogen-bond acceptors (Lipinski definition) is 4. The van der Waals surface area contributed by atoms with Crippen LogP contribution < -0.4 is 5.32 Å². The number of para-hydroxylation sites is 1. The van der Waals surface area contributed by atoms with E-state index in [9.17, 15) is 10.1 Å². The molecule has 0 amide bonds. The number of nitrogens with zero attached hydrogens (tertiary/aromatic N) is 2. The standard InChI is InChI=1S/C16H23N3O2/c1-17-13-9-14-6-4-7-15(10-13)18(14)11-12-5-2-3-8-16(12)19(20)21/h2-3,5,8,13-15,17H,4,6-7,9-11H2,1H3. The molecular weight excluding hydrogens is 266 g/mol. The summed E-state index contributed by atoms with van der Waals surface area (Å²) in [5.74, 6) is 0. The minimum Gasteiger partial charge on any atom is -0.317 e. The summed E-state index contributed by atoms with van der Waals surface area (Å²) in [4.78, 5) is 13.4. The Morgan fingerprint density at radius 1 is 1.29 bits per heavy atom. The molecule has 2 saturated heterocycles. The lowest BCUT2D eigenvalue weighted by molar-refractivity contribution is -0.385. The summed E-state index contributed by atoms with van der Waals surface area (Å²) in [5.41, 5.74) is 1.11. The minimum absolute atomic E-state index is 0.256. The van der Waals surface area contributed by atoms with Crippen LogP contribution >= 0.6 is 0 Å². The van der Waals surface area contributed by atoms with Crippen LogP contribution in [0, 0.1) is 10.1 Å². The van der Waals surface area contributed by atoms with Crippen LogP contribution in [-0.4, -0.2) is 35.0 Å². The Morgan fingerprint density at radius 3 is 2.57 bits per heavy atom. The summed E-state index contributed by atoms with van der Waals surface area (Å²) in [5, 5.41) is 14.6. The quantitative estimate of drug-likeness (QED) is 0.684. The highest BCUT2D eigenvalue weighted by Crippen LogP contribution is 2.36. The van der Waals surface area contributed by atoms with Crippen molar-refractivity contribution in [3.8, 4) is 0 Å². The van der Waals surface area contributed by atoms with Crippen molar-refractivity contribution < 1.29 is 4.92 Å². The zero-order valence-corrected chi connectivity index (χ0v) is 12.5. The van der Waals surface area contributed by atoms with E-state index in [4.69, 9.17) is 0 Å². The molecule has 2 heterocycles. The van der Waals surface area contributed by atoms with Crippen molar-refractivity contribution in [2.24, 2.45) is 0 Å². The van der Waals surface area contributed by atoms with E-state index in [1.54, 1.807) is 12.1 Å². The summed E-state index contributed by atoms with van der Waals surface area (Å²) < 4.78 is 0. The van der Waals surface area contributed by atoms with Crippen molar-refractivity contribution in [2.45, 2.75) is 56.8 Å². The van der Waals surface area contributed by atoms with E-state index >= 15 is 0 Å². The zero-order valence-electron chi connectivity index (χ0n) is 12.5. The number of benzene rings is 1. The first-order valence-electron chi connectivity index (χ1n) is 7.84. The second-order valence-corrected chi connectivity index (χ2v) is 6.25. The molecule has 2 aliphatic rings. The molecule has 2 unspecified atom stereocenters. The summed E-state index contributed by atoms with van der Waals surface area (Å²) >= 11 is 0. The van der Waals surface area contributed by atoms with Crippen molar-refractivity contribution in [3.05, 3.63) is 39.9 Å². The highest BCUT2D eigenvalue weighted by Gasteiger charge is 2.38. The average molecular weight is 289 g/mol. The van der Waals surface area contributed by atoms with Crippen molar-refractivity contribution in [1.82, 2.24) is 10.2 Å². The second-order valence-electron chi connectivity index (χ2n) is 6.25. The van der Waals surface area contributed by atoms with E-state index in [0.717, 1.165) is 18.4 Å². The van der Waals surface area contributed by atoms with Crippen molar-refractivity contribution in [3.63, 3.8) is 0 Å². The van der Waals surface area contributed by atoms with Gasteiger partial charge in [0.2, 0.25) is 0 Å². The number of nitrogens with one attached hydrogen (secondary N) is 1. The molecule has 0 aromatic heterocycles. The third-order valence-electron chi connectivity index (χ3n) is 5.08. The van der Waals surface area contributed by atoms with E-state index in [0.29, 0.717) is 24.7 Å².